The lowest BCUT2D eigenvalue weighted by molar-refractivity contribution is -0.123. The highest BCUT2D eigenvalue weighted by atomic mass is 32.2. The molecule has 0 spiro atoms. The lowest BCUT2D eigenvalue weighted by Gasteiger charge is -2.31. The summed E-state index contributed by atoms with van der Waals surface area (Å²) in [4.78, 5) is 41.0. The Kier molecular flexibility index (Phi) is 6.93. The summed E-state index contributed by atoms with van der Waals surface area (Å²) in [6.45, 7) is -0.279. The molecule has 8 heteroatoms. The normalized spacial score (nSPS) is 18.3. The van der Waals surface area contributed by atoms with Crippen molar-refractivity contribution in [1.82, 2.24) is 9.80 Å². The molecule has 3 amide bonds. The van der Waals surface area contributed by atoms with Gasteiger partial charge < -0.3 is 4.90 Å². The van der Waals surface area contributed by atoms with Gasteiger partial charge >= 0.3 is 0 Å². The van der Waals surface area contributed by atoms with Crippen molar-refractivity contribution in [2.24, 2.45) is 0 Å². The average molecular weight is 471 g/mol. The molecule has 0 radical (unpaired) electrons. The Morgan fingerprint density at radius 1 is 1.12 bits per heavy atom. The highest BCUT2D eigenvalue weighted by molar-refractivity contribution is 8.18. The molecule has 0 N–H and O–H groups in total. The molecule has 33 heavy (non-hydrogen) atoms. The molecule has 1 saturated heterocycles. The summed E-state index contributed by atoms with van der Waals surface area (Å²) in [7, 11) is 1.82. The Morgan fingerprint density at radius 3 is 2.61 bits per heavy atom. The monoisotopic (exact) mass is 470 g/mol. The van der Waals surface area contributed by atoms with Gasteiger partial charge in [-0.15, -0.1) is 0 Å². The Bertz CT molecular complexity index is 1130. The third-order valence-corrected chi connectivity index (χ3v) is 7.00. The van der Waals surface area contributed by atoms with Crippen LogP contribution in [-0.2, 0) is 11.3 Å². The fourth-order valence-corrected chi connectivity index (χ4v) is 5.05. The van der Waals surface area contributed by atoms with Crippen LogP contribution in [0.1, 0.15) is 53.6 Å². The molecule has 2 aromatic rings. The zero-order valence-electron chi connectivity index (χ0n) is 18.2. The molecule has 1 heterocycles. The van der Waals surface area contributed by atoms with E-state index in [9.17, 15) is 23.2 Å². The van der Waals surface area contributed by atoms with Crippen LogP contribution in [0.3, 0.4) is 0 Å². The lowest BCUT2D eigenvalue weighted by Crippen LogP contribution is -2.38. The predicted molar refractivity (Wildman–Crippen MR) is 123 cm³/mol. The maximum absolute atomic E-state index is 14.0. The number of carbonyl (C=O) groups is 3. The second kappa shape index (κ2) is 9.87. The quantitative estimate of drug-likeness (QED) is 0.534. The molecule has 2 fully saturated rings. The first kappa shape index (κ1) is 23.2. The molecule has 0 unspecified atom stereocenters. The summed E-state index contributed by atoms with van der Waals surface area (Å²) in [5.41, 5.74) is 1.19. The third-order valence-electron chi connectivity index (χ3n) is 6.09. The van der Waals surface area contributed by atoms with E-state index in [1.807, 2.05) is 7.05 Å². The first-order valence-corrected chi connectivity index (χ1v) is 11.7. The molecule has 0 atom stereocenters. The second-order valence-electron chi connectivity index (χ2n) is 8.34. The first-order valence-electron chi connectivity index (χ1n) is 10.9. The summed E-state index contributed by atoms with van der Waals surface area (Å²) in [5, 5.41) is -0.528. The maximum Gasteiger partial charge on any atom is 0.293 e. The van der Waals surface area contributed by atoms with Crippen LogP contribution in [-0.4, -0.2) is 39.9 Å². The van der Waals surface area contributed by atoms with Gasteiger partial charge in [0.05, 0.1) is 11.4 Å². The third kappa shape index (κ3) is 5.16. The fraction of sp³-hybridized carbons (Fsp3) is 0.320. The smallest absolute Gasteiger partial charge is 0.293 e. The summed E-state index contributed by atoms with van der Waals surface area (Å²) in [6.07, 6.45) is 7.02. The van der Waals surface area contributed by atoms with E-state index in [1.165, 1.54) is 12.5 Å². The van der Waals surface area contributed by atoms with Crippen molar-refractivity contribution in [2.75, 3.05) is 7.05 Å². The first-order chi connectivity index (χ1) is 15.8. The maximum atomic E-state index is 14.0. The number of benzene rings is 2. The van der Waals surface area contributed by atoms with Crippen molar-refractivity contribution in [3.63, 3.8) is 0 Å². The average Bonchev–Trinajstić information content (AvgIpc) is 3.07. The number of hydrogen-bond donors (Lipinski definition) is 0. The van der Waals surface area contributed by atoms with Gasteiger partial charge in [-0.3, -0.25) is 19.3 Å². The molecule has 4 rings (SSSR count). The van der Waals surface area contributed by atoms with Gasteiger partial charge in [-0.1, -0.05) is 37.5 Å². The molecule has 1 aliphatic carbocycles. The Morgan fingerprint density at radius 2 is 1.88 bits per heavy atom. The molecule has 2 aromatic carbocycles. The molecule has 1 saturated carbocycles. The number of halogens is 2. The van der Waals surface area contributed by atoms with Gasteiger partial charge in [0.2, 0.25) is 0 Å². The van der Waals surface area contributed by atoms with Gasteiger partial charge in [-0.25, -0.2) is 8.78 Å². The van der Waals surface area contributed by atoms with E-state index in [2.05, 4.69) is 0 Å². The summed E-state index contributed by atoms with van der Waals surface area (Å²) in [5.74, 6) is -2.16. The molecule has 5 nitrogen and oxygen atoms in total. The highest BCUT2D eigenvalue weighted by Gasteiger charge is 2.35. The van der Waals surface area contributed by atoms with E-state index >= 15 is 0 Å². The minimum absolute atomic E-state index is 0.0540. The number of thioether (sulfide) groups is 1. The standard InChI is InChI=1S/C25H24F2N2O3S/c1-28(20-8-3-2-4-9-20)23(30)17-7-5-6-16(12-17)13-22-24(31)29(25(32)33-22)15-18-10-11-19(26)14-21(18)27/h5-7,10-14,20H,2-4,8-9,15H2,1H3/b22-13-. The van der Waals surface area contributed by atoms with Crippen LogP contribution in [0, 0.1) is 11.6 Å². The zero-order valence-corrected chi connectivity index (χ0v) is 19.0. The largest absolute Gasteiger partial charge is 0.339 e. The van der Waals surface area contributed by atoms with E-state index in [0.717, 1.165) is 54.5 Å². The zero-order chi connectivity index (χ0) is 23.5. The van der Waals surface area contributed by atoms with Crippen LogP contribution in [0.4, 0.5) is 13.6 Å². The van der Waals surface area contributed by atoms with E-state index < -0.39 is 22.8 Å². The predicted octanol–water partition coefficient (Wildman–Crippen LogP) is 5.61. The lowest BCUT2D eigenvalue weighted by atomic mass is 9.94. The van der Waals surface area contributed by atoms with Crippen molar-refractivity contribution < 1.29 is 23.2 Å². The van der Waals surface area contributed by atoms with Gasteiger partial charge in [-0.2, -0.15) is 0 Å². The van der Waals surface area contributed by atoms with E-state index in [4.69, 9.17) is 0 Å². The second-order valence-corrected chi connectivity index (χ2v) is 9.33. The fourth-order valence-electron chi connectivity index (χ4n) is 4.21. The molecule has 0 bridgehead atoms. The van der Waals surface area contributed by atoms with Crippen molar-refractivity contribution in [2.45, 2.75) is 44.7 Å². The molecule has 1 aliphatic heterocycles. The van der Waals surface area contributed by atoms with Crippen molar-refractivity contribution in [1.29, 1.82) is 0 Å². The van der Waals surface area contributed by atoms with Crippen LogP contribution in [0.25, 0.3) is 6.08 Å². The van der Waals surface area contributed by atoms with Crippen molar-refractivity contribution in [3.8, 4) is 0 Å². The highest BCUT2D eigenvalue weighted by Crippen LogP contribution is 2.34. The minimum atomic E-state index is -0.814. The molecule has 0 aromatic heterocycles. The van der Waals surface area contributed by atoms with E-state index in [1.54, 1.807) is 35.2 Å². The summed E-state index contributed by atoms with van der Waals surface area (Å²) >= 11 is 0.755. The van der Waals surface area contributed by atoms with E-state index in [-0.39, 0.29) is 29.0 Å². The van der Waals surface area contributed by atoms with Crippen LogP contribution >= 0.6 is 11.8 Å². The van der Waals surface area contributed by atoms with Crippen LogP contribution < -0.4 is 0 Å². The van der Waals surface area contributed by atoms with Gasteiger partial charge in [0.15, 0.2) is 0 Å². The Balaban J connectivity index is 1.50. The number of rotatable bonds is 5. The molecular weight excluding hydrogens is 446 g/mol. The van der Waals surface area contributed by atoms with E-state index in [0.29, 0.717) is 11.1 Å². The Hall–Kier alpha value is -3.00. The Labute approximate surface area is 195 Å². The molecular formula is C25H24F2N2O3S. The van der Waals surface area contributed by atoms with Crippen LogP contribution in [0.15, 0.2) is 47.4 Å². The van der Waals surface area contributed by atoms with Gasteiger partial charge in [0.25, 0.3) is 17.1 Å². The number of amides is 3. The van der Waals surface area contributed by atoms with Crippen molar-refractivity contribution in [3.05, 3.63) is 75.7 Å². The number of carbonyl (C=O) groups excluding carboxylic acids is 3. The minimum Gasteiger partial charge on any atom is -0.339 e. The van der Waals surface area contributed by atoms with Gasteiger partial charge in [-0.05, 0) is 54.4 Å². The van der Waals surface area contributed by atoms with Crippen LogP contribution in [0.5, 0.6) is 0 Å². The SMILES string of the molecule is CN(C(=O)c1cccc(/C=C2\SC(=O)N(Cc3ccc(F)cc3F)C2=O)c1)C1CCCCC1. The molecule has 2 aliphatic rings. The summed E-state index contributed by atoms with van der Waals surface area (Å²) < 4.78 is 27.1. The van der Waals surface area contributed by atoms with Crippen LogP contribution in [0.2, 0.25) is 0 Å². The number of nitrogens with zero attached hydrogens (tertiary/aromatic N) is 2. The van der Waals surface area contributed by atoms with Crippen molar-refractivity contribution >= 4 is 34.9 Å². The number of imide groups is 1. The van der Waals surface area contributed by atoms with Gasteiger partial charge in [0, 0.05) is 30.3 Å². The van der Waals surface area contributed by atoms with Gasteiger partial charge in [0.1, 0.15) is 11.6 Å². The molecule has 172 valence electrons. The number of hydrogen-bond acceptors (Lipinski definition) is 4. The topological polar surface area (TPSA) is 57.7 Å². The summed E-state index contributed by atoms with van der Waals surface area (Å²) in [6, 6.07) is 10.2.